The summed E-state index contributed by atoms with van der Waals surface area (Å²) in [6, 6.07) is 7.39. The number of hydrogen-bond donors (Lipinski definition) is 0. The fourth-order valence-corrected chi connectivity index (χ4v) is 0.946. The Morgan fingerprint density at radius 1 is 1.38 bits per heavy atom. The van der Waals surface area contributed by atoms with Crippen molar-refractivity contribution in [3.8, 4) is 0 Å². The number of carbonyl (C=O) groups excluding carboxylic acids is 1. The minimum atomic E-state index is -0.640. The highest BCUT2D eigenvalue weighted by atomic mass is 16.7. The van der Waals surface area contributed by atoms with Crippen molar-refractivity contribution >= 4 is 5.97 Å². The van der Waals surface area contributed by atoms with Crippen LogP contribution in [0.2, 0.25) is 0 Å². The molecule has 4 heteroatoms. The Balaban J connectivity index is 2.59. The molecule has 1 aromatic rings. The molecule has 1 rings (SSSR count). The van der Waals surface area contributed by atoms with Gasteiger partial charge in [-0.1, -0.05) is 29.8 Å². The van der Waals surface area contributed by atoms with E-state index in [1.807, 2.05) is 24.4 Å². The lowest BCUT2D eigenvalue weighted by molar-refractivity contribution is -0.143. The van der Waals surface area contributed by atoms with Crippen molar-refractivity contribution in [2.75, 3.05) is 0 Å². The molecule has 0 unspecified atom stereocenters. The quantitative estimate of drug-likeness (QED) is 0.524. The van der Waals surface area contributed by atoms with E-state index in [-0.39, 0.29) is 6.42 Å². The molecule has 0 aliphatic carbocycles. The summed E-state index contributed by atoms with van der Waals surface area (Å²) in [6.07, 6.45) is 0.0754. The van der Waals surface area contributed by atoms with Crippen molar-refractivity contribution in [2.45, 2.75) is 13.3 Å². The second kappa shape index (κ2) is 4.35. The number of carbonyl (C=O) groups is 1. The summed E-state index contributed by atoms with van der Waals surface area (Å²) in [4.78, 5) is 24.3. The lowest BCUT2D eigenvalue weighted by atomic mass is 10.1. The highest BCUT2D eigenvalue weighted by Gasteiger charge is 2.04. The van der Waals surface area contributed by atoms with Gasteiger partial charge in [0.05, 0.1) is 6.42 Å². The minimum absolute atomic E-state index is 0.0754. The molecule has 0 saturated heterocycles. The summed E-state index contributed by atoms with van der Waals surface area (Å²) >= 11 is 0. The second-order valence-electron chi connectivity index (χ2n) is 2.70. The largest absolute Gasteiger partial charge is 0.342 e. The molecule has 4 nitrogen and oxygen atoms in total. The van der Waals surface area contributed by atoms with Gasteiger partial charge in [0.1, 0.15) is 0 Å². The maximum Gasteiger partial charge on any atom is 0.342 e. The predicted octanol–water partition coefficient (Wildman–Crippen LogP) is 1.76. The summed E-state index contributed by atoms with van der Waals surface area (Å²) in [5.41, 5.74) is 1.92. The molecular formula is C9H9NO3. The monoisotopic (exact) mass is 179 g/mol. The molecule has 0 spiro atoms. The van der Waals surface area contributed by atoms with Crippen LogP contribution < -0.4 is 0 Å². The van der Waals surface area contributed by atoms with Crippen LogP contribution in [0.4, 0.5) is 0 Å². The fourth-order valence-electron chi connectivity index (χ4n) is 0.946. The summed E-state index contributed by atoms with van der Waals surface area (Å²) in [7, 11) is 0. The van der Waals surface area contributed by atoms with Gasteiger partial charge in [0.25, 0.3) is 0 Å². The highest BCUT2D eigenvalue weighted by molar-refractivity contribution is 5.72. The van der Waals surface area contributed by atoms with Crippen LogP contribution in [0, 0.1) is 11.8 Å². The average Bonchev–Trinajstić information content (AvgIpc) is 2.09. The first kappa shape index (κ1) is 9.38. The minimum Gasteiger partial charge on any atom is -0.284 e. The Morgan fingerprint density at radius 2 is 2.00 bits per heavy atom. The summed E-state index contributed by atoms with van der Waals surface area (Å²) in [5, 5.41) is 2.05. The van der Waals surface area contributed by atoms with Gasteiger partial charge in [-0.3, -0.25) is 4.84 Å². The molecule has 0 heterocycles. The Bertz CT molecular complexity index is 305. The highest BCUT2D eigenvalue weighted by Crippen LogP contribution is 2.04. The molecular weight excluding hydrogens is 170 g/mol. The SMILES string of the molecule is Cc1ccc(CC(=O)ON=O)cc1. The van der Waals surface area contributed by atoms with Crippen LogP contribution >= 0.6 is 0 Å². The zero-order valence-electron chi connectivity index (χ0n) is 7.19. The van der Waals surface area contributed by atoms with Crippen molar-refractivity contribution in [3.05, 3.63) is 40.3 Å². The molecule has 0 radical (unpaired) electrons. The van der Waals surface area contributed by atoms with Crippen LogP contribution in [-0.2, 0) is 16.1 Å². The van der Waals surface area contributed by atoms with Gasteiger partial charge in [0.15, 0.2) is 5.34 Å². The molecule has 1 aromatic carbocycles. The Labute approximate surface area is 75.5 Å². The molecule has 0 aliphatic rings. The van der Waals surface area contributed by atoms with E-state index in [1.54, 1.807) is 12.1 Å². The molecule has 0 N–H and O–H groups in total. The Hall–Kier alpha value is -1.71. The van der Waals surface area contributed by atoms with Crippen LogP contribution in [0.5, 0.6) is 0 Å². The van der Waals surface area contributed by atoms with Gasteiger partial charge in [0.2, 0.25) is 0 Å². The molecule has 0 bridgehead atoms. The number of nitrogens with zero attached hydrogens (tertiary/aromatic N) is 1. The van der Waals surface area contributed by atoms with Crippen LogP contribution in [-0.4, -0.2) is 5.97 Å². The third-order valence-corrected chi connectivity index (χ3v) is 1.61. The van der Waals surface area contributed by atoms with Gasteiger partial charge < -0.3 is 0 Å². The van der Waals surface area contributed by atoms with Gasteiger partial charge in [-0.25, -0.2) is 4.79 Å². The first-order chi connectivity index (χ1) is 6.22. The van der Waals surface area contributed by atoms with Crippen molar-refractivity contribution in [1.29, 1.82) is 0 Å². The number of rotatable bonds is 3. The third kappa shape index (κ3) is 3.02. The van der Waals surface area contributed by atoms with Gasteiger partial charge >= 0.3 is 5.97 Å². The predicted molar refractivity (Wildman–Crippen MR) is 46.8 cm³/mol. The molecule has 0 amide bonds. The van der Waals surface area contributed by atoms with E-state index in [0.717, 1.165) is 11.1 Å². The number of hydrogen-bond acceptors (Lipinski definition) is 4. The second-order valence-corrected chi connectivity index (χ2v) is 2.70. The van der Waals surface area contributed by atoms with Crippen molar-refractivity contribution in [3.63, 3.8) is 0 Å². The van der Waals surface area contributed by atoms with E-state index in [0.29, 0.717) is 0 Å². The van der Waals surface area contributed by atoms with Gasteiger partial charge in [-0.05, 0) is 12.5 Å². The Kier molecular flexibility index (Phi) is 3.14. The molecule has 13 heavy (non-hydrogen) atoms. The zero-order valence-corrected chi connectivity index (χ0v) is 7.19. The average molecular weight is 179 g/mol. The summed E-state index contributed by atoms with van der Waals surface area (Å²) in [5.74, 6) is -0.640. The fraction of sp³-hybridized carbons (Fsp3) is 0.222. The summed E-state index contributed by atoms with van der Waals surface area (Å²) in [6.45, 7) is 1.95. The molecule has 0 aromatic heterocycles. The number of aryl methyl sites for hydroxylation is 1. The lowest BCUT2D eigenvalue weighted by Gasteiger charge is -1.97. The van der Waals surface area contributed by atoms with E-state index < -0.39 is 5.97 Å². The maximum absolute atomic E-state index is 10.8. The first-order valence-corrected chi connectivity index (χ1v) is 3.80. The summed E-state index contributed by atoms with van der Waals surface area (Å²) < 4.78 is 0. The van der Waals surface area contributed by atoms with Crippen molar-refractivity contribution in [2.24, 2.45) is 5.34 Å². The van der Waals surface area contributed by atoms with Crippen LogP contribution in [0.15, 0.2) is 29.6 Å². The van der Waals surface area contributed by atoms with E-state index in [1.165, 1.54) is 0 Å². The first-order valence-electron chi connectivity index (χ1n) is 3.80. The lowest BCUT2D eigenvalue weighted by Crippen LogP contribution is -2.03. The van der Waals surface area contributed by atoms with E-state index in [4.69, 9.17) is 0 Å². The van der Waals surface area contributed by atoms with Crippen LogP contribution in [0.25, 0.3) is 0 Å². The van der Waals surface area contributed by atoms with E-state index >= 15 is 0 Å². The van der Waals surface area contributed by atoms with E-state index in [9.17, 15) is 9.70 Å². The standard InChI is InChI=1S/C9H9NO3/c1-7-2-4-8(5-3-7)6-9(11)13-10-12/h2-5H,6H2,1H3. The number of benzene rings is 1. The van der Waals surface area contributed by atoms with E-state index in [2.05, 4.69) is 4.84 Å². The van der Waals surface area contributed by atoms with Gasteiger partial charge in [-0.15, -0.1) is 4.91 Å². The molecule has 0 saturated carbocycles. The molecule has 0 atom stereocenters. The van der Waals surface area contributed by atoms with Gasteiger partial charge in [-0.2, -0.15) is 0 Å². The molecule has 0 fully saturated rings. The molecule has 0 aliphatic heterocycles. The Morgan fingerprint density at radius 3 is 2.54 bits per heavy atom. The third-order valence-electron chi connectivity index (χ3n) is 1.61. The smallest absolute Gasteiger partial charge is 0.284 e. The maximum atomic E-state index is 10.8. The van der Waals surface area contributed by atoms with Gasteiger partial charge in [0, 0.05) is 0 Å². The van der Waals surface area contributed by atoms with Crippen molar-refractivity contribution in [1.82, 2.24) is 0 Å². The van der Waals surface area contributed by atoms with Crippen molar-refractivity contribution < 1.29 is 9.63 Å². The normalized spacial score (nSPS) is 9.31. The topological polar surface area (TPSA) is 55.7 Å². The van der Waals surface area contributed by atoms with Crippen LogP contribution in [0.1, 0.15) is 11.1 Å². The van der Waals surface area contributed by atoms with Crippen LogP contribution in [0.3, 0.4) is 0 Å². The zero-order chi connectivity index (χ0) is 9.68. The molecule has 68 valence electrons.